The van der Waals surface area contributed by atoms with Gasteiger partial charge in [-0.25, -0.2) is 0 Å². The van der Waals surface area contributed by atoms with Gasteiger partial charge in [-0.15, -0.1) is 0 Å². The topological polar surface area (TPSA) is 40.5 Å². The Hall–Kier alpha value is -1.35. The van der Waals surface area contributed by atoms with E-state index in [1.807, 2.05) is 0 Å². The van der Waals surface area contributed by atoms with Crippen LogP contribution in [0, 0.1) is 23.7 Å². The first-order valence-corrected chi connectivity index (χ1v) is 10.2. The second-order valence-electron chi connectivity index (χ2n) is 9.63. The standard InChI is InChI=1S/C22H27NO2/c24-21-18-6-5-14-3-1-2-4-17(14)19(18)12-23(21)20-15-7-13-8-16(20)11-22(25,9-13)10-15/h1-4,13,15-16,18-20,25H,5-12H2/t13?,15-,16+,18-,19-,20?,22?/m1/s1. The number of hydrogen-bond donors (Lipinski definition) is 1. The quantitative estimate of drug-likeness (QED) is 0.855. The van der Waals surface area contributed by atoms with Gasteiger partial charge in [0.1, 0.15) is 0 Å². The fourth-order valence-corrected chi connectivity index (χ4v) is 7.62. The number of rotatable bonds is 1. The highest BCUT2D eigenvalue weighted by Crippen LogP contribution is 2.58. The first-order chi connectivity index (χ1) is 12.1. The summed E-state index contributed by atoms with van der Waals surface area (Å²) in [4.78, 5) is 15.6. The van der Waals surface area contributed by atoms with Crippen LogP contribution in [0.1, 0.15) is 55.6 Å². The Morgan fingerprint density at radius 3 is 2.56 bits per heavy atom. The minimum atomic E-state index is -0.408. The van der Waals surface area contributed by atoms with Crippen molar-refractivity contribution in [1.29, 1.82) is 0 Å². The number of carbonyl (C=O) groups excluding carboxylic acids is 1. The fraction of sp³-hybridized carbons (Fsp3) is 0.682. The number of hydrogen-bond acceptors (Lipinski definition) is 2. The van der Waals surface area contributed by atoms with E-state index in [0.29, 0.717) is 35.6 Å². The third kappa shape index (κ3) is 1.99. The molecule has 1 N–H and O–H groups in total. The molecule has 1 aliphatic heterocycles. The Morgan fingerprint density at radius 1 is 1.04 bits per heavy atom. The molecular formula is C22H27NO2. The predicted octanol–water partition coefficient (Wildman–Crippen LogP) is 3.11. The molecule has 0 aromatic heterocycles. The van der Waals surface area contributed by atoms with E-state index in [4.69, 9.17) is 0 Å². The van der Waals surface area contributed by atoms with Crippen LogP contribution in [-0.4, -0.2) is 34.1 Å². The van der Waals surface area contributed by atoms with Crippen LogP contribution in [-0.2, 0) is 11.2 Å². The monoisotopic (exact) mass is 337 g/mol. The Morgan fingerprint density at radius 2 is 1.80 bits per heavy atom. The molecule has 7 rings (SSSR count). The van der Waals surface area contributed by atoms with Gasteiger partial charge in [-0.1, -0.05) is 24.3 Å². The molecule has 1 saturated heterocycles. The number of carbonyl (C=O) groups is 1. The highest BCUT2D eigenvalue weighted by Gasteiger charge is 2.58. The molecule has 132 valence electrons. The summed E-state index contributed by atoms with van der Waals surface area (Å²) in [5.74, 6) is 2.81. The summed E-state index contributed by atoms with van der Waals surface area (Å²) >= 11 is 0. The minimum absolute atomic E-state index is 0.204. The average molecular weight is 337 g/mol. The van der Waals surface area contributed by atoms with Crippen LogP contribution in [0.5, 0.6) is 0 Å². The van der Waals surface area contributed by atoms with Crippen molar-refractivity contribution in [2.45, 2.75) is 62.5 Å². The zero-order valence-electron chi connectivity index (χ0n) is 14.7. The Labute approximate surface area is 149 Å². The van der Waals surface area contributed by atoms with Gasteiger partial charge in [-0.3, -0.25) is 4.79 Å². The molecule has 1 amide bonds. The van der Waals surface area contributed by atoms with Gasteiger partial charge in [0.2, 0.25) is 5.91 Å². The Kier molecular flexibility index (Phi) is 2.88. The van der Waals surface area contributed by atoms with E-state index in [1.165, 1.54) is 24.0 Å². The van der Waals surface area contributed by atoms with Gasteiger partial charge in [0.15, 0.2) is 0 Å². The summed E-state index contributed by atoms with van der Waals surface area (Å²) in [6.45, 7) is 0.918. The number of nitrogens with zero attached hydrogens (tertiary/aromatic N) is 1. The first-order valence-electron chi connectivity index (χ1n) is 10.2. The van der Waals surface area contributed by atoms with Gasteiger partial charge in [-0.2, -0.15) is 0 Å². The van der Waals surface area contributed by atoms with E-state index >= 15 is 0 Å². The Bertz CT molecular complexity index is 727. The van der Waals surface area contributed by atoms with E-state index in [0.717, 1.165) is 38.6 Å². The molecule has 0 spiro atoms. The zero-order valence-corrected chi connectivity index (χ0v) is 14.7. The Balaban J connectivity index is 1.33. The van der Waals surface area contributed by atoms with Crippen molar-refractivity contribution in [3.8, 4) is 0 Å². The summed E-state index contributed by atoms with van der Waals surface area (Å²) in [5, 5.41) is 10.9. The molecule has 0 radical (unpaired) electrons. The van der Waals surface area contributed by atoms with Gasteiger partial charge in [-0.05, 0) is 73.8 Å². The molecule has 4 saturated carbocycles. The molecule has 6 aliphatic rings. The lowest BCUT2D eigenvalue weighted by Gasteiger charge is -2.59. The maximum atomic E-state index is 13.3. The van der Waals surface area contributed by atoms with Crippen LogP contribution in [0.3, 0.4) is 0 Å². The first kappa shape index (κ1) is 14.8. The number of fused-ring (bicyclic) bond motifs is 3. The molecule has 3 nitrogen and oxygen atoms in total. The van der Waals surface area contributed by atoms with E-state index in [-0.39, 0.29) is 5.92 Å². The summed E-state index contributed by atoms with van der Waals surface area (Å²) in [6.07, 6.45) is 7.42. The van der Waals surface area contributed by atoms with Gasteiger partial charge in [0.25, 0.3) is 0 Å². The molecular weight excluding hydrogens is 310 g/mol. The molecule has 25 heavy (non-hydrogen) atoms. The molecule has 1 aromatic carbocycles. The second kappa shape index (κ2) is 4.88. The lowest BCUT2D eigenvalue weighted by molar-refractivity contribution is -0.168. The van der Waals surface area contributed by atoms with Gasteiger partial charge in [0, 0.05) is 24.4 Å². The van der Waals surface area contributed by atoms with Crippen LogP contribution < -0.4 is 0 Å². The molecule has 1 aromatic rings. The molecule has 5 aliphatic carbocycles. The van der Waals surface area contributed by atoms with Crippen molar-refractivity contribution in [1.82, 2.24) is 4.90 Å². The normalized spacial score (nSPS) is 47.1. The van der Waals surface area contributed by atoms with Gasteiger partial charge >= 0.3 is 0 Å². The molecule has 4 bridgehead atoms. The van der Waals surface area contributed by atoms with Gasteiger partial charge < -0.3 is 10.0 Å². The third-order valence-corrected chi connectivity index (χ3v) is 8.21. The lowest BCUT2D eigenvalue weighted by Crippen LogP contribution is -2.62. The highest BCUT2D eigenvalue weighted by molar-refractivity contribution is 5.83. The number of likely N-dealkylation sites (tertiary alicyclic amines) is 1. The van der Waals surface area contributed by atoms with Crippen LogP contribution in [0.25, 0.3) is 0 Å². The molecule has 3 heteroatoms. The highest BCUT2D eigenvalue weighted by atomic mass is 16.3. The molecule has 5 fully saturated rings. The number of aliphatic hydroxyl groups is 1. The van der Waals surface area contributed by atoms with Crippen molar-refractivity contribution in [2.75, 3.05) is 6.54 Å². The van der Waals surface area contributed by atoms with E-state index < -0.39 is 5.60 Å². The summed E-state index contributed by atoms with van der Waals surface area (Å²) in [5.41, 5.74) is 2.48. The van der Waals surface area contributed by atoms with E-state index in [2.05, 4.69) is 29.2 Å². The summed E-state index contributed by atoms with van der Waals surface area (Å²) < 4.78 is 0. The van der Waals surface area contributed by atoms with Crippen LogP contribution >= 0.6 is 0 Å². The lowest BCUT2D eigenvalue weighted by atomic mass is 9.52. The number of benzene rings is 1. The van der Waals surface area contributed by atoms with Crippen LogP contribution in [0.4, 0.5) is 0 Å². The van der Waals surface area contributed by atoms with Crippen molar-refractivity contribution in [3.63, 3.8) is 0 Å². The SMILES string of the molecule is O=C1[C@@H]2CCc3ccccc3[C@H]2CN1C1[C@@H]2CC3C[C@H]1CC(O)(C3)C2. The smallest absolute Gasteiger partial charge is 0.226 e. The van der Waals surface area contributed by atoms with Crippen molar-refractivity contribution >= 4 is 5.91 Å². The summed E-state index contributed by atoms with van der Waals surface area (Å²) in [7, 11) is 0. The zero-order chi connectivity index (χ0) is 16.8. The van der Waals surface area contributed by atoms with Gasteiger partial charge in [0.05, 0.1) is 5.60 Å². The largest absolute Gasteiger partial charge is 0.390 e. The number of aryl methyl sites for hydroxylation is 1. The van der Waals surface area contributed by atoms with Crippen LogP contribution in [0.2, 0.25) is 0 Å². The summed E-state index contributed by atoms with van der Waals surface area (Å²) in [6, 6.07) is 9.17. The predicted molar refractivity (Wildman–Crippen MR) is 95.0 cm³/mol. The maximum absolute atomic E-state index is 13.3. The van der Waals surface area contributed by atoms with Crippen molar-refractivity contribution in [3.05, 3.63) is 35.4 Å². The van der Waals surface area contributed by atoms with Crippen molar-refractivity contribution in [2.24, 2.45) is 23.7 Å². The third-order valence-electron chi connectivity index (χ3n) is 8.21. The minimum Gasteiger partial charge on any atom is -0.390 e. The average Bonchev–Trinajstić information content (AvgIpc) is 2.90. The fourth-order valence-electron chi connectivity index (χ4n) is 7.62. The molecule has 1 heterocycles. The van der Waals surface area contributed by atoms with E-state index in [9.17, 15) is 9.90 Å². The molecule has 3 unspecified atom stereocenters. The van der Waals surface area contributed by atoms with Crippen molar-refractivity contribution < 1.29 is 9.90 Å². The number of amides is 1. The molecule has 7 atom stereocenters. The maximum Gasteiger partial charge on any atom is 0.226 e. The van der Waals surface area contributed by atoms with E-state index in [1.54, 1.807) is 0 Å². The second-order valence-corrected chi connectivity index (χ2v) is 9.63. The van der Waals surface area contributed by atoms with Crippen LogP contribution in [0.15, 0.2) is 24.3 Å².